The van der Waals surface area contributed by atoms with E-state index in [0.29, 0.717) is 0 Å². The average Bonchev–Trinajstić information content (AvgIpc) is 2.68. The van der Waals surface area contributed by atoms with E-state index in [0.717, 1.165) is 4.57 Å². The number of nitrogen functional groups attached to an aromatic ring is 1. The first-order valence-electron chi connectivity index (χ1n) is 9.53. The highest BCUT2D eigenvalue weighted by Gasteiger charge is 2.45. The van der Waals surface area contributed by atoms with Crippen LogP contribution in [0.3, 0.4) is 0 Å². The number of aromatic nitrogens is 2. The minimum absolute atomic E-state index is 0.0465. The summed E-state index contributed by atoms with van der Waals surface area (Å²) in [5.74, 6) is -2.28. The molecule has 0 saturated carbocycles. The number of hydrogen-bond acceptors (Lipinski definition) is 9. The van der Waals surface area contributed by atoms with Gasteiger partial charge in [0.25, 0.3) is 0 Å². The van der Waals surface area contributed by atoms with E-state index in [1.165, 1.54) is 19.2 Å². The Bertz CT molecular complexity index is 784. The number of esters is 2. The zero-order valence-corrected chi connectivity index (χ0v) is 17.8. The van der Waals surface area contributed by atoms with E-state index in [9.17, 15) is 23.9 Å². The van der Waals surface area contributed by atoms with Crippen molar-refractivity contribution in [2.75, 3.05) is 25.6 Å². The normalized spacial score (nSPS) is 15.5. The minimum Gasteiger partial charge on any atom is -0.462 e. The van der Waals surface area contributed by atoms with Gasteiger partial charge in [0.2, 0.25) is 0 Å². The van der Waals surface area contributed by atoms with Crippen molar-refractivity contribution in [2.24, 2.45) is 11.8 Å². The quantitative estimate of drug-likeness (QED) is 0.487. The first kappa shape index (κ1) is 25.5. The fourth-order valence-corrected chi connectivity index (χ4v) is 2.30. The van der Waals surface area contributed by atoms with Gasteiger partial charge in [-0.3, -0.25) is 14.2 Å². The lowest BCUT2D eigenvalue weighted by molar-refractivity contribution is -0.226. The summed E-state index contributed by atoms with van der Waals surface area (Å²) >= 11 is 0. The second kappa shape index (κ2) is 11.0. The molecule has 1 aromatic heterocycles. The number of hydrogen-bond donors (Lipinski definition) is 2. The van der Waals surface area contributed by atoms with Gasteiger partial charge in [-0.15, -0.1) is 0 Å². The van der Waals surface area contributed by atoms with Gasteiger partial charge in [-0.25, -0.2) is 9.18 Å². The van der Waals surface area contributed by atoms with E-state index in [2.05, 4.69) is 4.98 Å². The molecule has 30 heavy (non-hydrogen) atoms. The molecule has 1 rings (SSSR count). The van der Waals surface area contributed by atoms with Gasteiger partial charge in [-0.2, -0.15) is 4.98 Å². The summed E-state index contributed by atoms with van der Waals surface area (Å²) in [6, 6.07) is 1.30. The molecular formula is C19H30FN3O7. The van der Waals surface area contributed by atoms with Crippen molar-refractivity contribution in [3.63, 3.8) is 0 Å². The number of nitrogens with zero attached hydrogens (tertiary/aromatic N) is 2. The van der Waals surface area contributed by atoms with E-state index in [1.54, 1.807) is 27.7 Å². The maximum atomic E-state index is 14.3. The highest BCUT2D eigenvalue weighted by molar-refractivity contribution is 5.72. The van der Waals surface area contributed by atoms with Gasteiger partial charge in [0, 0.05) is 6.20 Å². The van der Waals surface area contributed by atoms with E-state index in [-0.39, 0.29) is 5.82 Å². The lowest BCUT2D eigenvalue weighted by atomic mass is 9.99. The Kier molecular flexibility index (Phi) is 9.37. The molecule has 10 nitrogen and oxygen atoms in total. The van der Waals surface area contributed by atoms with Gasteiger partial charge in [0.1, 0.15) is 25.2 Å². The molecular weight excluding hydrogens is 401 g/mol. The summed E-state index contributed by atoms with van der Waals surface area (Å²) in [5.41, 5.74) is 2.64. The SMILES string of the molecule is CC(C)C(=O)OC[C@@](CF)(O[C@H](CO)n1ccc(N)nc1=O)[C@H](C)OC(=O)C(C)C. The molecule has 0 aliphatic rings. The van der Waals surface area contributed by atoms with Gasteiger partial charge in [0.05, 0.1) is 18.4 Å². The minimum atomic E-state index is -1.98. The Hall–Kier alpha value is -2.53. The lowest BCUT2D eigenvalue weighted by Gasteiger charge is -2.38. The summed E-state index contributed by atoms with van der Waals surface area (Å²) in [7, 11) is 0. The molecule has 1 aromatic rings. The molecule has 0 aliphatic heterocycles. The Balaban J connectivity index is 3.28. The number of carbonyl (C=O) groups excluding carboxylic acids is 2. The average molecular weight is 431 g/mol. The third kappa shape index (κ3) is 6.49. The number of nitrogens with two attached hydrogens (primary N) is 1. The molecule has 0 amide bonds. The molecule has 3 atom stereocenters. The Labute approximate surface area is 174 Å². The first-order valence-corrected chi connectivity index (χ1v) is 9.53. The molecule has 0 saturated heterocycles. The molecule has 0 aliphatic carbocycles. The Morgan fingerprint density at radius 3 is 2.30 bits per heavy atom. The van der Waals surface area contributed by atoms with Crippen LogP contribution in [0.2, 0.25) is 0 Å². The van der Waals surface area contributed by atoms with Gasteiger partial charge in [-0.05, 0) is 13.0 Å². The summed E-state index contributed by atoms with van der Waals surface area (Å²) in [6.07, 6.45) is -1.40. The molecule has 0 radical (unpaired) electrons. The topological polar surface area (TPSA) is 143 Å². The van der Waals surface area contributed by atoms with Crippen LogP contribution in [0.5, 0.6) is 0 Å². The van der Waals surface area contributed by atoms with Gasteiger partial charge in [0.15, 0.2) is 11.8 Å². The fraction of sp³-hybridized carbons (Fsp3) is 0.684. The number of aliphatic hydroxyl groups is 1. The summed E-state index contributed by atoms with van der Waals surface area (Å²) < 4.78 is 31.4. The zero-order chi connectivity index (χ0) is 23.1. The van der Waals surface area contributed by atoms with Crippen molar-refractivity contribution in [3.8, 4) is 0 Å². The van der Waals surface area contributed by atoms with Crippen molar-refractivity contribution in [2.45, 2.75) is 52.6 Å². The van der Waals surface area contributed by atoms with E-state index in [4.69, 9.17) is 19.9 Å². The molecule has 3 N–H and O–H groups in total. The fourth-order valence-electron chi connectivity index (χ4n) is 2.30. The number of rotatable bonds is 11. The van der Waals surface area contributed by atoms with Crippen molar-refractivity contribution in [3.05, 3.63) is 22.7 Å². The number of carbonyl (C=O) groups is 2. The third-order valence-electron chi connectivity index (χ3n) is 4.35. The van der Waals surface area contributed by atoms with Crippen LogP contribution in [0.15, 0.2) is 17.1 Å². The number of alkyl halides is 1. The molecule has 0 fully saturated rings. The monoisotopic (exact) mass is 431 g/mol. The van der Waals surface area contributed by atoms with Crippen LogP contribution >= 0.6 is 0 Å². The standard InChI is InChI=1S/C19H30FN3O7/c1-11(2)16(25)28-10-19(9-20,13(5)29-17(26)12(3)4)30-15(8-24)23-7-6-14(21)22-18(23)27/h6-7,11-13,15,24H,8-10H2,1-5H3,(H2,21,22,27)/t13-,15+,19+/m0/s1. The number of ether oxygens (including phenoxy) is 3. The molecule has 0 aromatic carbocycles. The van der Waals surface area contributed by atoms with Gasteiger partial charge in [-0.1, -0.05) is 27.7 Å². The Morgan fingerprint density at radius 1 is 1.23 bits per heavy atom. The van der Waals surface area contributed by atoms with Crippen molar-refractivity contribution < 1.29 is 33.3 Å². The van der Waals surface area contributed by atoms with Crippen molar-refractivity contribution in [1.29, 1.82) is 0 Å². The second-order valence-corrected chi connectivity index (χ2v) is 7.49. The summed E-state index contributed by atoms with van der Waals surface area (Å²) in [6.45, 7) is 5.18. The summed E-state index contributed by atoms with van der Waals surface area (Å²) in [5, 5.41) is 9.77. The molecule has 0 unspecified atom stereocenters. The van der Waals surface area contributed by atoms with Gasteiger partial charge >= 0.3 is 17.6 Å². The number of anilines is 1. The van der Waals surface area contributed by atoms with Crippen molar-refractivity contribution >= 4 is 17.8 Å². The van der Waals surface area contributed by atoms with Crippen LogP contribution in [0.25, 0.3) is 0 Å². The largest absolute Gasteiger partial charge is 0.462 e. The maximum Gasteiger partial charge on any atom is 0.351 e. The van der Waals surface area contributed by atoms with Crippen LogP contribution in [-0.2, 0) is 23.8 Å². The lowest BCUT2D eigenvalue weighted by Crippen LogP contribution is -2.54. The van der Waals surface area contributed by atoms with Crippen LogP contribution in [0.1, 0.15) is 40.8 Å². The predicted octanol–water partition coefficient (Wildman–Crippen LogP) is 0.828. The maximum absolute atomic E-state index is 14.3. The highest BCUT2D eigenvalue weighted by atomic mass is 19.1. The number of aliphatic hydroxyl groups excluding tert-OH is 1. The molecule has 11 heteroatoms. The van der Waals surface area contributed by atoms with Crippen LogP contribution in [0.4, 0.5) is 10.2 Å². The third-order valence-corrected chi connectivity index (χ3v) is 4.35. The smallest absolute Gasteiger partial charge is 0.351 e. The molecule has 0 spiro atoms. The van der Waals surface area contributed by atoms with E-state index < -0.39 is 67.3 Å². The molecule has 170 valence electrons. The van der Waals surface area contributed by atoms with Crippen LogP contribution < -0.4 is 11.4 Å². The van der Waals surface area contributed by atoms with Gasteiger partial charge < -0.3 is 25.1 Å². The molecule has 1 heterocycles. The highest BCUT2D eigenvalue weighted by Crippen LogP contribution is 2.27. The van der Waals surface area contributed by atoms with E-state index >= 15 is 0 Å². The number of halogens is 1. The first-order chi connectivity index (χ1) is 14.0. The van der Waals surface area contributed by atoms with Crippen LogP contribution in [0, 0.1) is 11.8 Å². The van der Waals surface area contributed by atoms with E-state index in [1.807, 2.05) is 0 Å². The predicted molar refractivity (Wildman–Crippen MR) is 105 cm³/mol. The second-order valence-electron chi connectivity index (χ2n) is 7.49. The van der Waals surface area contributed by atoms with Crippen molar-refractivity contribution in [1.82, 2.24) is 9.55 Å². The molecule has 0 bridgehead atoms. The zero-order valence-electron chi connectivity index (χ0n) is 17.8. The summed E-state index contributed by atoms with van der Waals surface area (Å²) in [4.78, 5) is 39.6. The van der Waals surface area contributed by atoms with Crippen LogP contribution in [-0.4, -0.2) is 58.2 Å². The Morgan fingerprint density at radius 2 is 1.83 bits per heavy atom.